The molecule has 0 aliphatic rings. The van der Waals surface area contributed by atoms with Gasteiger partial charge < -0.3 is 19.2 Å². The molecule has 0 aliphatic heterocycles. The molecule has 5 nitrogen and oxygen atoms in total. The van der Waals surface area contributed by atoms with Crippen LogP contribution >= 0.6 is 11.6 Å². The van der Waals surface area contributed by atoms with Gasteiger partial charge in [0.05, 0.1) is 6.54 Å². The third-order valence-corrected chi connectivity index (χ3v) is 3.12. The van der Waals surface area contributed by atoms with Crippen molar-refractivity contribution in [3.05, 3.63) is 52.9 Å². The number of rotatable bonds is 7. The first-order valence-electron chi connectivity index (χ1n) is 6.86. The zero-order valence-corrected chi connectivity index (χ0v) is 13.2. The quantitative estimate of drug-likeness (QED) is 0.849. The Labute approximate surface area is 134 Å². The van der Waals surface area contributed by atoms with Gasteiger partial charge in [0.25, 0.3) is 5.91 Å². The average Bonchev–Trinajstić information content (AvgIpc) is 2.96. The summed E-state index contributed by atoms with van der Waals surface area (Å²) in [6.07, 6.45) is -0.182. The summed E-state index contributed by atoms with van der Waals surface area (Å²) in [6, 6.07) is 10.4. The maximum Gasteiger partial charge on any atom is 0.287 e. The SMILES string of the molecule is COCc1ccc(C(=O)NC[C@H](C)Oc2ccc(Cl)cc2)o1. The fourth-order valence-corrected chi connectivity index (χ4v) is 1.96. The van der Waals surface area contributed by atoms with Crippen LogP contribution < -0.4 is 10.1 Å². The van der Waals surface area contributed by atoms with Gasteiger partial charge in [-0.3, -0.25) is 4.79 Å². The minimum absolute atomic E-state index is 0.182. The Morgan fingerprint density at radius 3 is 2.68 bits per heavy atom. The molecular formula is C16H18ClNO4. The molecule has 2 aromatic rings. The minimum atomic E-state index is -0.283. The summed E-state index contributed by atoms with van der Waals surface area (Å²) in [5, 5.41) is 3.41. The Kier molecular flexibility index (Phi) is 5.86. The molecule has 118 valence electrons. The van der Waals surface area contributed by atoms with E-state index in [0.29, 0.717) is 29.7 Å². The van der Waals surface area contributed by atoms with Crippen LogP contribution in [-0.4, -0.2) is 25.7 Å². The molecule has 22 heavy (non-hydrogen) atoms. The fourth-order valence-electron chi connectivity index (χ4n) is 1.83. The smallest absolute Gasteiger partial charge is 0.287 e. The third-order valence-electron chi connectivity index (χ3n) is 2.87. The monoisotopic (exact) mass is 323 g/mol. The fraction of sp³-hybridized carbons (Fsp3) is 0.312. The van der Waals surface area contributed by atoms with Crippen LogP contribution in [0.15, 0.2) is 40.8 Å². The molecule has 1 atom stereocenters. The molecular weight excluding hydrogens is 306 g/mol. The normalized spacial score (nSPS) is 12.0. The number of benzene rings is 1. The van der Waals surface area contributed by atoms with Gasteiger partial charge in [-0.05, 0) is 43.3 Å². The highest BCUT2D eigenvalue weighted by atomic mass is 35.5. The summed E-state index contributed by atoms with van der Waals surface area (Å²) in [4.78, 5) is 11.9. The van der Waals surface area contributed by atoms with Crippen LogP contribution in [0.2, 0.25) is 5.02 Å². The molecule has 1 aromatic heterocycles. The summed E-state index contributed by atoms with van der Waals surface area (Å²) in [5.74, 6) is 1.28. The van der Waals surface area contributed by atoms with Crippen molar-refractivity contribution >= 4 is 17.5 Å². The molecule has 1 N–H and O–H groups in total. The van der Waals surface area contributed by atoms with Crippen molar-refractivity contribution in [3.63, 3.8) is 0 Å². The van der Waals surface area contributed by atoms with Crippen LogP contribution in [0.3, 0.4) is 0 Å². The molecule has 0 fully saturated rings. The maximum absolute atomic E-state index is 11.9. The Balaban J connectivity index is 1.80. The molecule has 0 unspecified atom stereocenters. The Morgan fingerprint density at radius 1 is 1.27 bits per heavy atom. The highest BCUT2D eigenvalue weighted by Crippen LogP contribution is 2.16. The van der Waals surface area contributed by atoms with Crippen LogP contribution in [-0.2, 0) is 11.3 Å². The first-order chi connectivity index (χ1) is 10.6. The number of amides is 1. The van der Waals surface area contributed by atoms with Gasteiger partial charge in [-0.25, -0.2) is 0 Å². The first kappa shape index (κ1) is 16.4. The number of hydrogen-bond acceptors (Lipinski definition) is 4. The number of methoxy groups -OCH3 is 1. The lowest BCUT2D eigenvalue weighted by molar-refractivity contribution is 0.0896. The summed E-state index contributed by atoms with van der Waals surface area (Å²) in [7, 11) is 1.57. The zero-order valence-electron chi connectivity index (χ0n) is 12.5. The van der Waals surface area contributed by atoms with E-state index in [0.717, 1.165) is 0 Å². The van der Waals surface area contributed by atoms with Crippen molar-refractivity contribution in [2.75, 3.05) is 13.7 Å². The number of carbonyl (C=O) groups excluding carboxylic acids is 1. The van der Waals surface area contributed by atoms with Crippen molar-refractivity contribution in [3.8, 4) is 5.75 Å². The highest BCUT2D eigenvalue weighted by Gasteiger charge is 2.13. The number of furan rings is 1. The zero-order chi connectivity index (χ0) is 15.9. The molecule has 0 saturated heterocycles. The van der Waals surface area contributed by atoms with Crippen LogP contribution in [0, 0.1) is 0 Å². The van der Waals surface area contributed by atoms with E-state index in [9.17, 15) is 4.79 Å². The molecule has 0 aliphatic carbocycles. The van der Waals surface area contributed by atoms with Gasteiger partial charge in [0.1, 0.15) is 24.2 Å². The first-order valence-corrected chi connectivity index (χ1v) is 7.24. The standard InChI is InChI=1S/C16H18ClNO4/c1-11(21-13-5-3-12(17)4-6-13)9-18-16(19)15-8-7-14(22-15)10-20-2/h3-8,11H,9-10H2,1-2H3,(H,18,19)/t11-/m0/s1. The van der Waals surface area contributed by atoms with Crippen LogP contribution in [0.4, 0.5) is 0 Å². The highest BCUT2D eigenvalue weighted by molar-refractivity contribution is 6.30. The van der Waals surface area contributed by atoms with E-state index in [1.54, 1.807) is 43.5 Å². The maximum atomic E-state index is 11.9. The Hall–Kier alpha value is -1.98. The predicted octanol–water partition coefficient (Wildman–Crippen LogP) is 3.28. The molecule has 2 rings (SSSR count). The van der Waals surface area contributed by atoms with Crippen LogP contribution in [0.1, 0.15) is 23.2 Å². The average molecular weight is 324 g/mol. The van der Waals surface area contributed by atoms with E-state index < -0.39 is 0 Å². The van der Waals surface area contributed by atoms with Gasteiger partial charge in [-0.15, -0.1) is 0 Å². The lowest BCUT2D eigenvalue weighted by Crippen LogP contribution is -2.33. The van der Waals surface area contributed by atoms with E-state index >= 15 is 0 Å². The number of carbonyl (C=O) groups is 1. The van der Waals surface area contributed by atoms with Gasteiger partial charge in [0.2, 0.25) is 0 Å². The van der Waals surface area contributed by atoms with Gasteiger partial charge in [0, 0.05) is 12.1 Å². The van der Waals surface area contributed by atoms with Crippen LogP contribution in [0.5, 0.6) is 5.75 Å². The summed E-state index contributed by atoms with van der Waals surface area (Å²) < 4.78 is 16.0. The van der Waals surface area contributed by atoms with E-state index in [2.05, 4.69) is 5.32 Å². The Bertz CT molecular complexity index is 609. The third kappa shape index (κ3) is 4.79. The topological polar surface area (TPSA) is 60.7 Å². The van der Waals surface area contributed by atoms with E-state index in [4.69, 9.17) is 25.5 Å². The molecule has 1 amide bonds. The molecule has 1 heterocycles. The lowest BCUT2D eigenvalue weighted by Gasteiger charge is -2.15. The van der Waals surface area contributed by atoms with Crippen molar-refractivity contribution in [2.45, 2.75) is 19.6 Å². The predicted molar refractivity (Wildman–Crippen MR) is 83.3 cm³/mol. The van der Waals surface area contributed by atoms with Gasteiger partial charge in [-0.1, -0.05) is 11.6 Å². The van der Waals surface area contributed by atoms with Crippen molar-refractivity contribution in [2.24, 2.45) is 0 Å². The largest absolute Gasteiger partial charge is 0.489 e. The van der Waals surface area contributed by atoms with E-state index in [-0.39, 0.29) is 17.8 Å². The second-order valence-corrected chi connectivity index (χ2v) is 5.23. The summed E-state index contributed by atoms with van der Waals surface area (Å²) >= 11 is 5.81. The van der Waals surface area contributed by atoms with Gasteiger partial charge in [0.15, 0.2) is 5.76 Å². The summed E-state index contributed by atoms with van der Waals surface area (Å²) in [5.41, 5.74) is 0. The van der Waals surface area contributed by atoms with Crippen molar-refractivity contribution in [1.82, 2.24) is 5.32 Å². The second-order valence-electron chi connectivity index (χ2n) is 4.79. The number of hydrogen-bond donors (Lipinski definition) is 1. The molecule has 0 bridgehead atoms. The lowest BCUT2D eigenvalue weighted by atomic mass is 10.3. The molecule has 0 saturated carbocycles. The molecule has 6 heteroatoms. The second kappa shape index (κ2) is 7.87. The molecule has 1 aromatic carbocycles. The molecule has 0 radical (unpaired) electrons. The summed E-state index contributed by atoms with van der Waals surface area (Å²) in [6.45, 7) is 2.57. The van der Waals surface area contributed by atoms with E-state index in [1.165, 1.54) is 0 Å². The minimum Gasteiger partial charge on any atom is -0.489 e. The van der Waals surface area contributed by atoms with Crippen molar-refractivity contribution in [1.29, 1.82) is 0 Å². The Morgan fingerprint density at radius 2 is 2.00 bits per heavy atom. The van der Waals surface area contributed by atoms with Crippen molar-refractivity contribution < 1.29 is 18.7 Å². The molecule has 0 spiro atoms. The van der Waals surface area contributed by atoms with Crippen LogP contribution in [0.25, 0.3) is 0 Å². The number of ether oxygens (including phenoxy) is 2. The number of halogens is 1. The van der Waals surface area contributed by atoms with Gasteiger partial charge in [-0.2, -0.15) is 0 Å². The van der Waals surface area contributed by atoms with Gasteiger partial charge >= 0.3 is 0 Å². The number of nitrogens with one attached hydrogen (secondary N) is 1. The van der Waals surface area contributed by atoms with E-state index in [1.807, 2.05) is 6.92 Å².